The molecule has 0 bridgehead atoms. The minimum absolute atomic E-state index is 0.0573. The molecule has 0 amide bonds. The molecule has 0 radical (unpaired) electrons. The van der Waals surface area contributed by atoms with E-state index in [2.05, 4.69) is 24.1 Å². The summed E-state index contributed by atoms with van der Waals surface area (Å²) in [5, 5.41) is 12.0. The number of hydrogen-bond acceptors (Lipinski definition) is 3. The molecule has 3 heteroatoms. The van der Waals surface area contributed by atoms with Crippen molar-refractivity contribution < 1.29 is 9.84 Å². The normalized spacial score (nSPS) is 20.4. The van der Waals surface area contributed by atoms with Crippen molar-refractivity contribution in [3.05, 3.63) is 108 Å². The Kier molecular flexibility index (Phi) is 5.58. The van der Waals surface area contributed by atoms with Gasteiger partial charge in [0.1, 0.15) is 5.60 Å². The van der Waals surface area contributed by atoms with Crippen molar-refractivity contribution in [2.45, 2.75) is 30.8 Å². The highest BCUT2D eigenvalue weighted by atomic mass is 16.5. The van der Waals surface area contributed by atoms with Gasteiger partial charge in [-0.05, 0) is 30.2 Å². The van der Waals surface area contributed by atoms with E-state index in [1.54, 1.807) is 0 Å². The monoisotopic (exact) mass is 373 g/mol. The van der Waals surface area contributed by atoms with Crippen LogP contribution in [0, 0.1) is 0 Å². The summed E-state index contributed by atoms with van der Waals surface area (Å²) in [6, 6.07) is 30.2. The van der Waals surface area contributed by atoms with Gasteiger partial charge in [0, 0.05) is 12.6 Å². The van der Waals surface area contributed by atoms with Gasteiger partial charge >= 0.3 is 0 Å². The quantitative estimate of drug-likeness (QED) is 0.702. The van der Waals surface area contributed by atoms with Crippen LogP contribution >= 0.6 is 0 Å². The fourth-order valence-corrected chi connectivity index (χ4v) is 4.29. The molecule has 0 unspecified atom stereocenters. The third-order valence-corrected chi connectivity index (χ3v) is 5.75. The summed E-state index contributed by atoms with van der Waals surface area (Å²) in [5.41, 5.74) is 1.93. The smallest absolute Gasteiger partial charge is 0.130 e. The number of ether oxygens (including phenoxy) is 1. The van der Waals surface area contributed by atoms with Crippen molar-refractivity contribution in [1.29, 1.82) is 0 Å². The van der Waals surface area contributed by atoms with Crippen LogP contribution in [0.15, 0.2) is 91.0 Å². The highest BCUT2D eigenvalue weighted by Gasteiger charge is 2.47. The molecule has 2 atom stereocenters. The van der Waals surface area contributed by atoms with E-state index < -0.39 is 5.60 Å². The lowest BCUT2D eigenvalue weighted by Crippen LogP contribution is -2.46. The lowest BCUT2D eigenvalue weighted by Gasteiger charge is -2.38. The molecule has 3 nitrogen and oxygen atoms in total. The van der Waals surface area contributed by atoms with Gasteiger partial charge in [-0.15, -0.1) is 0 Å². The minimum atomic E-state index is -1.08. The molecule has 1 saturated heterocycles. The van der Waals surface area contributed by atoms with E-state index in [1.807, 2.05) is 78.9 Å². The molecule has 1 aliphatic rings. The van der Waals surface area contributed by atoms with Crippen molar-refractivity contribution in [3.8, 4) is 0 Å². The molecule has 0 spiro atoms. The summed E-state index contributed by atoms with van der Waals surface area (Å²) < 4.78 is 6.20. The molecule has 144 valence electrons. The Balaban J connectivity index is 1.58. The lowest BCUT2D eigenvalue weighted by molar-refractivity contribution is 0.00214. The number of nitrogens with zero attached hydrogens (tertiary/aromatic N) is 1. The lowest BCUT2D eigenvalue weighted by atomic mass is 9.79. The van der Waals surface area contributed by atoms with Crippen molar-refractivity contribution in [3.63, 3.8) is 0 Å². The van der Waals surface area contributed by atoms with Crippen LogP contribution in [-0.2, 0) is 16.9 Å². The zero-order chi connectivity index (χ0) is 19.4. The van der Waals surface area contributed by atoms with Gasteiger partial charge in [0.15, 0.2) is 0 Å². The Labute approximate surface area is 167 Å². The number of benzene rings is 3. The molecule has 0 aromatic heterocycles. The second kappa shape index (κ2) is 8.27. The Morgan fingerprint density at radius 2 is 1.36 bits per heavy atom. The third-order valence-electron chi connectivity index (χ3n) is 5.75. The average Bonchev–Trinajstić information content (AvgIpc) is 3.15. The Bertz CT molecular complexity index is 827. The van der Waals surface area contributed by atoms with Gasteiger partial charge in [-0.25, -0.2) is 0 Å². The van der Waals surface area contributed by atoms with Gasteiger partial charge < -0.3 is 9.84 Å². The van der Waals surface area contributed by atoms with E-state index >= 15 is 0 Å². The maximum atomic E-state index is 12.0. The predicted octanol–water partition coefficient (Wildman–Crippen LogP) is 4.21. The van der Waals surface area contributed by atoms with E-state index in [-0.39, 0.29) is 12.1 Å². The number of likely N-dealkylation sites (tertiary alicyclic amines) is 1. The molecule has 3 aromatic carbocycles. The maximum Gasteiger partial charge on any atom is 0.130 e. The largest absolute Gasteiger partial charge is 0.379 e. The number of rotatable bonds is 6. The summed E-state index contributed by atoms with van der Waals surface area (Å²) in [6.45, 7) is 1.40. The van der Waals surface area contributed by atoms with Crippen LogP contribution in [0.4, 0.5) is 0 Å². The summed E-state index contributed by atoms with van der Waals surface area (Å²) >= 11 is 0. The van der Waals surface area contributed by atoms with Gasteiger partial charge in [-0.1, -0.05) is 91.0 Å². The highest BCUT2D eigenvalue weighted by molar-refractivity contribution is 5.38. The number of aliphatic hydroxyl groups is 1. The topological polar surface area (TPSA) is 32.7 Å². The summed E-state index contributed by atoms with van der Waals surface area (Å²) in [6.07, 6.45) is 0.873. The summed E-state index contributed by atoms with van der Waals surface area (Å²) in [4.78, 5) is 2.23. The van der Waals surface area contributed by atoms with E-state index in [0.29, 0.717) is 6.61 Å². The third kappa shape index (κ3) is 3.74. The van der Waals surface area contributed by atoms with Crippen molar-refractivity contribution in [2.75, 3.05) is 13.6 Å². The Morgan fingerprint density at radius 3 is 1.89 bits per heavy atom. The second-order valence-electron chi connectivity index (χ2n) is 7.61. The zero-order valence-electron chi connectivity index (χ0n) is 16.2. The van der Waals surface area contributed by atoms with E-state index in [9.17, 15) is 5.11 Å². The molecule has 0 saturated carbocycles. The minimum Gasteiger partial charge on any atom is -0.379 e. The first-order chi connectivity index (χ1) is 13.7. The van der Waals surface area contributed by atoms with Crippen LogP contribution in [0.5, 0.6) is 0 Å². The first-order valence-corrected chi connectivity index (χ1v) is 9.87. The van der Waals surface area contributed by atoms with Crippen LogP contribution in [-0.4, -0.2) is 35.7 Å². The van der Waals surface area contributed by atoms with Crippen molar-refractivity contribution in [1.82, 2.24) is 4.90 Å². The Hall–Kier alpha value is -2.46. The van der Waals surface area contributed by atoms with Gasteiger partial charge in [-0.2, -0.15) is 0 Å². The zero-order valence-corrected chi connectivity index (χ0v) is 16.2. The standard InChI is InChI=1S/C25H27NO2/c1-26-18-23(28-19-20-11-5-2-6-12-20)17-24(26)25(27,21-13-7-3-8-14-21)22-15-9-4-10-16-22/h2-16,23-24,27H,17-19H2,1H3/t23-,24+/m1/s1. The van der Waals surface area contributed by atoms with Crippen molar-refractivity contribution >= 4 is 0 Å². The van der Waals surface area contributed by atoms with Crippen LogP contribution in [0.3, 0.4) is 0 Å². The first kappa shape index (κ1) is 18.9. The fraction of sp³-hybridized carbons (Fsp3) is 0.280. The van der Waals surface area contributed by atoms with Gasteiger partial charge in [0.25, 0.3) is 0 Å². The van der Waals surface area contributed by atoms with Gasteiger partial charge in [-0.3, -0.25) is 4.90 Å². The van der Waals surface area contributed by atoms with E-state index in [0.717, 1.165) is 24.1 Å². The molecule has 1 N–H and O–H groups in total. The predicted molar refractivity (Wildman–Crippen MR) is 112 cm³/mol. The van der Waals surface area contributed by atoms with Crippen LogP contribution in [0.2, 0.25) is 0 Å². The van der Waals surface area contributed by atoms with Crippen LogP contribution in [0.25, 0.3) is 0 Å². The maximum absolute atomic E-state index is 12.0. The molecule has 28 heavy (non-hydrogen) atoms. The molecule has 1 fully saturated rings. The molecule has 3 aromatic rings. The van der Waals surface area contributed by atoms with Crippen LogP contribution < -0.4 is 0 Å². The van der Waals surface area contributed by atoms with Gasteiger partial charge in [0.05, 0.1) is 12.7 Å². The molecule has 0 aliphatic carbocycles. The molecule has 4 rings (SSSR count). The average molecular weight is 373 g/mol. The van der Waals surface area contributed by atoms with E-state index in [4.69, 9.17) is 4.74 Å². The van der Waals surface area contributed by atoms with Crippen molar-refractivity contribution in [2.24, 2.45) is 0 Å². The number of likely N-dealkylation sites (N-methyl/N-ethyl adjacent to an activating group) is 1. The first-order valence-electron chi connectivity index (χ1n) is 9.87. The molecule has 1 aliphatic heterocycles. The summed E-state index contributed by atoms with van der Waals surface area (Å²) in [5.74, 6) is 0. The molecule has 1 heterocycles. The SMILES string of the molecule is CN1C[C@H](OCc2ccccc2)C[C@H]1C(O)(c1ccccc1)c1ccccc1. The summed E-state index contributed by atoms with van der Waals surface area (Å²) in [7, 11) is 2.08. The Morgan fingerprint density at radius 1 is 0.857 bits per heavy atom. The molecular formula is C25H27NO2. The number of hydrogen-bond donors (Lipinski definition) is 1. The highest BCUT2D eigenvalue weighted by Crippen LogP contribution is 2.40. The van der Waals surface area contributed by atoms with E-state index in [1.165, 1.54) is 5.56 Å². The van der Waals surface area contributed by atoms with Gasteiger partial charge in [0.2, 0.25) is 0 Å². The second-order valence-corrected chi connectivity index (χ2v) is 7.61. The van der Waals surface area contributed by atoms with Crippen LogP contribution in [0.1, 0.15) is 23.1 Å². The molecular weight excluding hydrogens is 346 g/mol. The fourth-order valence-electron chi connectivity index (χ4n) is 4.29.